The van der Waals surface area contributed by atoms with Gasteiger partial charge in [0.1, 0.15) is 11.4 Å². The Labute approximate surface area is 128 Å². The highest BCUT2D eigenvalue weighted by molar-refractivity contribution is 5.88. The molecule has 5 nitrogen and oxygen atoms in total. The molecule has 1 N–H and O–H groups in total. The van der Waals surface area contributed by atoms with E-state index in [0.29, 0.717) is 18.5 Å². The van der Waals surface area contributed by atoms with Gasteiger partial charge >= 0.3 is 12.1 Å². The van der Waals surface area contributed by atoms with Gasteiger partial charge in [-0.3, -0.25) is 0 Å². The van der Waals surface area contributed by atoms with Crippen molar-refractivity contribution in [2.24, 2.45) is 0 Å². The van der Waals surface area contributed by atoms with Crippen LogP contribution >= 0.6 is 0 Å². The van der Waals surface area contributed by atoms with Gasteiger partial charge in [0, 0.05) is 6.54 Å². The van der Waals surface area contributed by atoms with Gasteiger partial charge in [-0.1, -0.05) is 6.07 Å². The number of hydrogen-bond acceptors (Lipinski definition) is 3. The number of ether oxygens (including phenoxy) is 1. The predicted octanol–water partition coefficient (Wildman–Crippen LogP) is 3.60. The minimum absolute atomic E-state index is 0.285. The zero-order valence-corrected chi connectivity index (χ0v) is 12.9. The second-order valence-electron chi connectivity index (χ2n) is 6.38. The van der Waals surface area contributed by atoms with Crippen LogP contribution in [0, 0.1) is 5.82 Å². The van der Waals surface area contributed by atoms with Crippen molar-refractivity contribution in [2.45, 2.75) is 45.3 Å². The van der Waals surface area contributed by atoms with E-state index in [0.717, 1.165) is 6.42 Å². The fourth-order valence-electron chi connectivity index (χ4n) is 2.56. The molecule has 1 aromatic rings. The quantitative estimate of drug-likeness (QED) is 0.906. The number of amides is 1. The summed E-state index contributed by atoms with van der Waals surface area (Å²) >= 11 is 0. The summed E-state index contributed by atoms with van der Waals surface area (Å²) in [5.74, 6) is -2.10. The molecule has 1 atom stereocenters. The molecule has 6 heteroatoms. The maximum absolute atomic E-state index is 13.8. The summed E-state index contributed by atoms with van der Waals surface area (Å²) in [4.78, 5) is 24.6. The molecule has 0 aliphatic carbocycles. The summed E-state index contributed by atoms with van der Waals surface area (Å²) in [5.41, 5.74) is -0.376. The van der Waals surface area contributed by atoms with Crippen LogP contribution < -0.4 is 0 Å². The lowest BCUT2D eigenvalue weighted by Gasteiger charge is -2.29. The minimum atomic E-state index is -1.31. The minimum Gasteiger partial charge on any atom is -0.478 e. The van der Waals surface area contributed by atoms with Crippen molar-refractivity contribution in [3.05, 3.63) is 35.1 Å². The third-order valence-electron chi connectivity index (χ3n) is 3.49. The van der Waals surface area contributed by atoms with Gasteiger partial charge in [-0.25, -0.2) is 14.0 Å². The molecule has 22 heavy (non-hydrogen) atoms. The molecule has 0 bridgehead atoms. The largest absolute Gasteiger partial charge is 0.478 e. The van der Waals surface area contributed by atoms with E-state index >= 15 is 0 Å². The zero-order valence-electron chi connectivity index (χ0n) is 12.9. The van der Waals surface area contributed by atoms with E-state index in [1.165, 1.54) is 12.1 Å². The number of aromatic carboxylic acids is 1. The van der Waals surface area contributed by atoms with E-state index in [9.17, 15) is 14.0 Å². The van der Waals surface area contributed by atoms with Crippen LogP contribution in [0.2, 0.25) is 0 Å². The number of likely N-dealkylation sites (tertiary alicyclic amines) is 1. The van der Waals surface area contributed by atoms with Gasteiger partial charge in [0.15, 0.2) is 0 Å². The molecule has 0 saturated carbocycles. The van der Waals surface area contributed by atoms with Gasteiger partial charge in [-0.2, -0.15) is 0 Å². The summed E-state index contributed by atoms with van der Waals surface area (Å²) in [6.45, 7) is 5.91. The topological polar surface area (TPSA) is 66.8 Å². The molecule has 1 fully saturated rings. The van der Waals surface area contributed by atoms with Crippen LogP contribution in [0.3, 0.4) is 0 Å². The molecule has 120 valence electrons. The number of halogens is 1. The van der Waals surface area contributed by atoms with Crippen molar-refractivity contribution < 1.29 is 23.8 Å². The first-order chi connectivity index (χ1) is 10.2. The summed E-state index contributed by atoms with van der Waals surface area (Å²) in [6, 6.07) is 3.70. The molecular weight excluding hydrogens is 289 g/mol. The Kier molecular flexibility index (Phi) is 4.39. The number of carbonyl (C=O) groups is 2. The number of carboxylic acids is 1. The Morgan fingerprint density at radius 2 is 2.05 bits per heavy atom. The van der Waals surface area contributed by atoms with Crippen LogP contribution in [-0.4, -0.2) is 34.2 Å². The predicted molar refractivity (Wildman–Crippen MR) is 78.3 cm³/mol. The maximum Gasteiger partial charge on any atom is 0.410 e. The lowest BCUT2D eigenvalue weighted by molar-refractivity contribution is 0.0223. The first kappa shape index (κ1) is 16.3. The van der Waals surface area contributed by atoms with E-state index in [1.54, 1.807) is 31.7 Å². The van der Waals surface area contributed by atoms with Gasteiger partial charge in [0.05, 0.1) is 11.6 Å². The molecule has 1 amide bonds. The Bertz CT molecular complexity index is 594. The number of carbonyl (C=O) groups excluding carboxylic acids is 1. The lowest BCUT2D eigenvalue weighted by Crippen LogP contribution is -2.36. The first-order valence-corrected chi connectivity index (χ1v) is 7.21. The van der Waals surface area contributed by atoms with Gasteiger partial charge in [0.25, 0.3) is 0 Å². The molecule has 2 rings (SSSR count). The standard InChI is InChI=1S/C16H20FNO4/c1-16(2,3)22-15(21)18-8-4-5-13(18)10-6-7-11(14(19)20)12(17)9-10/h6-7,9,13H,4-5,8H2,1-3H3,(H,19,20)/t13-/m0/s1. The lowest BCUT2D eigenvalue weighted by atomic mass is 10.0. The third-order valence-corrected chi connectivity index (χ3v) is 3.49. The fourth-order valence-corrected chi connectivity index (χ4v) is 2.56. The monoisotopic (exact) mass is 309 g/mol. The van der Waals surface area contributed by atoms with Crippen LogP contribution in [0.4, 0.5) is 9.18 Å². The maximum atomic E-state index is 13.8. The second kappa shape index (κ2) is 5.94. The molecule has 1 aliphatic heterocycles. The van der Waals surface area contributed by atoms with Crippen molar-refractivity contribution in [1.82, 2.24) is 4.90 Å². The van der Waals surface area contributed by atoms with Crippen LogP contribution in [0.15, 0.2) is 18.2 Å². The van der Waals surface area contributed by atoms with E-state index in [1.807, 2.05) is 0 Å². The van der Waals surface area contributed by atoms with E-state index in [4.69, 9.17) is 9.84 Å². The van der Waals surface area contributed by atoms with Crippen molar-refractivity contribution in [2.75, 3.05) is 6.54 Å². The highest BCUT2D eigenvalue weighted by Gasteiger charge is 2.33. The van der Waals surface area contributed by atoms with E-state index < -0.39 is 23.5 Å². The Hall–Kier alpha value is -2.11. The average Bonchev–Trinajstić information content (AvgIpc) is 2.85. The summed E-state index contributed by atoms with van der Waals surface area (Å²) in [6.07, 6.45) is 1.06. The first-order valence-electron chi connectivity index (χ1n) is 7.21. The SMILES string of the molecule is CC(C)(C)OC(=O)N1CCC[C@H]1c1ccc(C(=O)O)c(F)c1. The molecule has 0 spiro atoms. The molecule has 1 aliphatic rings. The van der Waals surface area contributed by atoms with Crippen LogP contribution in [-0.2, 0) is 4.74 Å². The number of rotatable bonds is 2. The number of carboxylic acid groups (broad SMARTS) is 1. The average molecular weight is 309 g/mol. The normalized spacial score (nSPS) is 18.4. The molecule has 1 aromatic carbocycles. The Morgan fingerprint density at radius 1 is 1.36 bits per heavy atom. The highest BCUT2D eigenvalue weighted by Crippen LogP contribution is 2.33. The van der Waals surface area contributed by atoms with Crippen LogP contribution in [0.25, 0.3) is 0 Å². The summed E-state index contributed by atoms with van der Waals surface area (Å²) in [7, 11) is 0. The van der Waals surface area contributed by atoms with Crippen molar-refractivity contribution in [3.63, 3.8) is 0 Å². The number of hydrogen-bond donors (Lipinski definition) is 1. The summed E-state index contributed by atoms with van der Waals surface area (Å²) < 4.78 is 19.2. The van der Waals surface area contributed by atoms with Crippen molar-refractivity contribution in [1.29, 1.82) is 0 Å². The molecule has 0 aromatic heterocycles. The van der Waals surface area contributed by atoms with E-state index in [2.05, 4.69) is 0 Å². The zero-order chi connectivity index (χ0) is 16.5. The van der Waals surface area contributed by atoms with Gasteiger partial charge in [0.2, 0.25) is 0 Å². The van der Waals surface area contributed by atoms with Gasteiger partial charge in [-0.15, -0.1) is 0 Å². The molecular formula is C16H20FNO4. The summed E-state index contributed by atoms with van der Waals surface area (Å²) in [5, 5.41) is 8.87. The Morgan fingerprint density at radius 3 is 2.59 bits per heavy atom. The fraction of sp³-hybridized carbons (Fsp3) is 0.500. The van der Waals surface area contributed by atoms with E-state index in [-0.39, 0.29) is 11.6 Å². The van der Waals surface area contributed by atoms with Crippen molar-refractivity contribution >= 4 is 12.1 Å². The Balaban J connectivity index is 2.22. The molecule has 1 heterocycles. The number of nitrogens with zero attached hydrogens (tertiary/aromatic N) is 1. The van der Waals surface area contributed by atoms with Crippen LogP contribution in [0.5, 0.6) is 0 Å². The van der Waals surface area contributed by atoms with Gasteiger partial charge in [-0.05, 0) is 51.3 Å². The highest BCUT2D eigenvalue weighted by atomic mass is 19.1. The third kappa shape index (κ3) is 3.55. The number of benzene rings is 1. The molecule has 0 unspecified atom stereocenters. The molecule has 0 radical (unpaired) electrons. The van der Waals surface area contributed by atoms with Gasteiger partial charge < -0.3 is 14.7 Å². The smallest absolute Gasteiger partial charge is 0.410 e. The van der Waals surface area contributed by atoms with Crippen LogP contribution in [0.1, 0.15) is 55.6 Å². The second-order valence-corrected chi connectivity index (χ2v) is 6.38. The molecule has 1 saturated heterocycles. The van der Waals surface area contributed by atoms with Crippen molar-refractivity contribution in [3.8, 4) is 0 Å².